The van der Waals surface area contributed by atoms with Crippen LogP contribution in [0.5, 0.6) is 5.75 Å². The Morgan fingerprint density at radius 3 is 2.71 bits per heavy atom. The molecule has 0 atom stereocenters. The van der Waals surface area contributed by atoms with E-state index >= 15 is 0 Å². The highest BCUT2D eigenvalue weighted by atomic mass is 35.5. The van der Waals surface area contributed by atoms with Crippen LogP contribution in [0, 0.1) is 0 Å². The van der Waals surface area contributed by atoms with E-state index in [1.165, 1.54) is 10.9 Å². The summed E-state index contributed by atoms with van der Waals surface area (Å²) in [6.07, 6.45) is 4.80. The van der Waals surface area contributed by atoms with Gasteiger partial charge in [-0.25, -0.2) is 9.97 Å². The summed E-state index contributed by atoms with van der Waals surface area (Å²) >= 11 is 6.28. The van der Waals surface area contributed by atoms with Crippen molar-refractivity contribution in [3.05, 3.63) is 47.0 Å². The van der Waals surface area contributed by atoms with Gasteiger partial charge in [-0.3, -0.25) is 0 Å². The van der Waals surface area contributed by atoms with Gasteiger partial charge in [0.1, 0.15) is 22.5 Å². The minimum atomic E-state index is 0.524. The van der Waals surface area contributed by atoms with E-state index < -0.39 is 0 Å². The number of rotatable bonds is 6. The highest BCUT2D eigenvalue weighted by molar-refractivity contribution is 6.29. The molecular formula is C21H26ClN5O. The molecule has 0 saturated carbocycles. The van der Waals surface area contributed by atoms with E-state index in [9.17, 15) is 0 Å². The molecule has 3 aromatic rings. The third-order valence-corrected chi connectivity index (χ3v) is 5.57. The first-order valence-electron chi connectivity index (χ1n) is 9.73. The highest BCUT2D eigenvalue weighted by Crippen LogP contribution is 2.25. The first-order chi connectivity index (χ1) is 13.6. The minimum absolute atomic E-state index is 0.524. The van der Waals surface area contributed by atoms with Gasteiger partial charge in [0.15, 0.2) is 0 Å². The number of fused-ring (bicyclic) bond motifs is 1. The van der Waals surface area contributed by atoms with Gasteiger partial charge in [0.2, 0.25) is 0 Å². The number of piperazine rings is 1. The Labute approximate surface area is 170 Å². The molecule has 4 rings (SSSR count). The van der Waals surface area contributed by atoms with E-state index in [1.54, 1.807) is 7.11 Å². The minimum Gasteiger partial charge on any atom is -0.497 e. The van der Waals surface area contributed by atoms with Crippen molar-refractivity contribution >= 4 is 28.3 Å². The average molecular weight is 400 g/mol. The lowest BCUT2D eigenvalue weighted by Crippen LogP contribution is -2.44. The zero-order chi connectivity index (χ0) is 19.5. The van der Waals surface area contributed by atoms with Gasteiger partial charge in [-0.1, -0.05) is 11.6 Å². The van der Waals surface area contributed by atoms with Crippen LogP contribution >= 0.6 is 11.6 Å². The molecule has 0 aliphatic carbocycles. The van der Waals surface area contributed by atoms with Crippen molar-refractivity contribution in [3.8, 4) is 5.75 Å². The number of anilines is 1. The number of likely N-dealkylation sites (N-methyl/N-ethyl adjacent to an activating group) is 1. The number of halogens is 1. The van der Waals surface area contributed by atoms with Crippen molar-refractivity contribution in [3.63, 3.8) is 0 Å². The van der Waals surface area contributed by atoms with Gasteiger partial charge in [-0.15, -0.1) is 0 Å². The maximum absolute atomic E-state index is 6.28. The summed E-state index contributed by atoms with van der Waals surface area (Å²) in [4.78, 5) is 17.2. The third-order valence-electron chi connectivity index (χ3n) is 5.38. The van der Waals surface area contributed by atoms with E-state index in [0.717, 1.165) is 68.3 Å². The molecule has 0 radical (unpaired) electrons. The summed E-state index contributed by atoms with van der Waals surface area (Å²) in [5, 5.41) is 1.74. The van der Waals surface area contributed by atoms with E-state index in [0.29, 0.717) is 5.15 Å². The van der Waals surface area contributed by atoms with Gasteiger partial charge < -0.3 is 19.5 Å². The lowest BCUT2D eigenvalue weighted by atomic mass is 10.1. The van der Waals surface area contributed by atoms with E-state index in [2.05, 4.69) is 45.1 Å². The molecule has 148 valence electrons. The van der Waals surface area contributed by atoms with Crippen LogP contribution < -0.4 is 9.64 Å². The van der Waals surface area contributed by atoms with Crippen LogP contribution in [0.2, 0.25) is 5.15 Å². The van der Waals surface area contributed by atoms with Crippen molar-refractivity contribution < 1.29 is 4.74 Å². The Kier molecular flexibility index (Phi) is 5.69. The molecule has 2 aromatic heterocycles. The SMILES string of the molecule is COc1ccc2[nH]cc(CCCc3nc(Cl)cc(N4CCN(C)CC4)n3)c2c1. The molecule has 1 aliphatic rings. The third kappa shape index (κ3) is 4.23. The van der Waals surface area contributed by atoms with Crippen LogP contribution in [0.25, 0.3) is 10.9 Å². The number of benzene rings is 1. The number of hydrogen-bond acceptors (Lipinski definition) is 5. The van der Waals surface area contributed by atoms with Gasteiger partial charge in [-0.05, 0) is 43.7 Å². The standard InChI is InChI=1S/C21H26ClN5O/c1-26-8-10-27(11-9-26)21-13-19(22)24-20(25-21)5-3-4-15-14-23-18-7-6-16(28-2)12-17(15)18/h6-7,12-14,23H,3-5,8-11H2,1-2H3. The Hall–Kier alpha value is -2.31. The predicted molar refractivity (Wildman–Crippen MR) is 114 cm³/mol. The maximum atomic E-state index is 6.28. The largest absolute Gasteiger partial charge is 0.497 e. The molecule has 1 aromatic carbocycles. The summed E-state index contributed by atoms with van der Waals surface area (Å²) in [6, 6.07) is 7.99. The zero-order valence-electron chi connectivity index (χ0n) is 16.4. The van der Waals surface area contributed by atoms with Gasteiger partial charge in [0.05, 0.1) is 7.11 Å². The van der Waals surface area contributed by atoms with Crippen molar-refractivity contribution in [1.29, 1.82) is 0 Å². The van der Waals surface area contributed by atoms with Crippen LogP contribution in [0.4, 0.5) is 5.82 Å². The molecule has 0 unspecified atom stereocenters. The molecule has 0 amide bonds. The van der Waals surface area contributed by atoms with Crippen molar-refractivity contribution in [2.75, 3.05) is 45.2 Å². The average Bonchev–Trinajstić information content (AvgIpc) is 3.10. The fourth-order valence-corrected chi connectivity index (χ4v) is 3.88. The monoisotopic (exact) mass is 399 g/mol. The van der Waals surface area contributed by atoms with E-state index in [4.69, 9.17) is 21.3 Å². The molecular weight excluding hydrogens is 374 g/mol. The summed E-state index contributed by atoms with van der Waals surface area (Å²) < 4.78 is 5.35. The number of nitrogens with zero attached hydrogens (tertiary/aromatic N) is 4. The number of H-pyrrole nitrogens is 1. The lowest BCUT2D eigenvalue weighted by Gasteiger charge is -2.33. The molecule has 1 fully saturated rings. The second-order valence-corrected chi connectivity index (χ2v) is 7.72. The highest BCUT2D eigenvalue weighted by Gasteiger charge is 2.17. The summed E-state index contributed by atoms with van der Waals surface area (Å²) in [5.74, 6) is 2.64. The molecule has 0 spiro atoms. The number of aryl methyl sites for hydroxylation is 2. The van der Waals surface area contributed by atoms with Crippen LogP contribution in [0.1, 0.15) is 17.8 Å². The zero-order valence-corrected chi connectivity index (χ0v) is 17.2. The van der Waals surface area contributed by atoms with Crippen molar-refractivity contribution in [1.82, 2.24) is 19.9 Å². The molecule has 1 aliphatic heterocycles. The van der Waals surface area contributed by atoms with Crippen LogP contribution in [-0.2, 0) is 12.8 Å². The maximum Gasteiger partial charge on any atom is 0.134 e. The summed E-state index contributed by atoms with van der Waals surface area (Å²) in [6.45, 7) is 4.03. The number of nitrogens with one attached hydrogen (secondary N) is 1. The molecule has 28 heavy (non-hydrogen) atoms. The number of aromatic amines is 1. The van der Waals surface area contributed by atoms with Crippen LogP contribution in [0.3, 0.4) is 0 Å². The van der Waals surface area contributed by atoms with Crippen molar-refractivity contribution in [2.45, 2.75) is 19.3 Å². The molecule has 3 heterocycles. The van der Waals surface area contributed by atoms with Gasteiger partial charge >= 0.3 is 0 Å². The predicted octanol–water partition coefficient (Wildman–Crippen LogP) is 3.55. The van der Waals surface area contributed by atoms with Gasteiger partial charge in [0, 0.05) is 55.8 Å². The van der Waals surface area contributed by atoms with Gasteiger partial charge in [-0.2, -0.15) is 0 Å². The lowest BCUT2D eigenvalue weighted by molar-refractivity contribution is 0.312. The Morgan fingerprint density at radius 2 is 1.93 bits per heavy atom. The number of methoxy groups -OCH3 is 1. The van der Waals surface area contributed by atoms with Crippen LogP contribution in [0.15, 0.2) is 30.5 Å². The second kappa shape index (κ2) is 8.37. The first-order valence-corrected chi connectivity index (χ1v) is 10.1. The quantitative estimate of drug-likeness (QED) is 0.642. The summed E-state index contributed by atoms with van der Waals surface area (Å²) in [5.41, 5.74) is 2.42. The van der Waals surface area contributed by atoms with Gasteiger partial charge in [0.25, 0.3) is 0 Å². The smallest absolute Gasteiger partial charge is 0.134 e. The Balaban J connectivity index is 1.42. The van der Waals surface area contributed by atoms with Crippen molar-refractivity contribution in [2.24, 2.45) is 0 Å². The topological polar surface area (TPSA) is 57.3 Å². The second-order valence-electron chi connectivity index (χ2n) is 7.33. The normalized spacial score (nSPS) is 15.3. The van der Waals surface area contributed by atoms with E-state index in [1.807, 2.05) is 12.1 Å². The Bertz CT molecular complexity index is 949. The summed E-state index contributed by atoms with van der Waals surface area (Å²) in [7, 11) is 3.85. The number of aromatic nitrogens is 3. The number of hydrogen-bond donors (Lipinski definition) is 1. The fourth-order valence-electron chi connectivity index (χ4n) is 3.69. The number of ether oxygens (including phenoxy) is 1. The Morgan fingerprint density at radius 1 is 1.11 bits per heavy atom. The van der Waals surface area contributed by atoms with Crippen LogP contribution in [-0.4, -0.2) is 60.2 Å². The molecule has 1 N–H and O–H groups in total. The molecule has 7 heteroatoms. The molecule has 1 saturated heterocycles. The first kappa shape index (κ1) is 19.0. The molecule has 0 bridgehead atoms. The van der Waals surface area contributed by atoms with E-state index in [-0.39, 0.29) is 0 Å². The molecule has 6 nitrogen and oxygen atoms in total. The fraction of sp³-hybridized carbons (Fsp3) is 0.429.